The molecule has 1 heterocycles. The van der Waals surface area contributed by atoms with Gasteiger partial charge in [-0.25, -0.2) is 0 Å². The lowest BCUT2D eigenvalue weighted by atomic mass is 10.1. The van der Waals surface area contributed by atoms with Gasteiger partial charge in [0, 0.05) is 38.4 Å². The first-order valence-electron chi connectivity index (χ1n) is 8.65. The van der Waals surface area contributed by atoms with Crippen LogP contribution >= 0.6 is 12.2 Å². The van der Waals surface area contributed by atoms with E-state index < -0.39 is 0 Å². The molecule has 2 N–H and O–H groups in total. The largest absolute Gasteiger partial charge is 0.508 e. The summed E-state index contributed by atoms with van der Waals surface area (Å²) in [5.74, 6) is 0.329. The van der Waals surface area contributed by atoms with Crippen molar-refractivity contribution >= 4 is 23.0 Å². The fourth-order valence-corrected chi connectivity index (χ4v) is 3.34. The average Bonchev–Trinajstić information content (AvgIpc) is 2.59. The highest BCUT2D eigenvalue weighted by atomic mass is 32.1. The van der Waals surface area contributed by atoms with Crippen molar-refractivity contribution in [2.75, 3.05) is 31.5 Å². The molecular weight excluding hydrogens is 330 g/mol. The van der Waals surface area contributed by atoms with E-state index in [9.17, 15) is 5.11 Å². The van der Waals surface area contributed by atoms with E-state index in [4.69, 9.17) is 12.2 Å². The van der Waals surface area contributed by atoms with Gasteiger partial charge in [-0.2, -0.15) is 0 Å². The van der Waals surface area contributed by atoms with Gasteiger partial charge in [-0.1, -0.05) is 18.2 Å². The molecule has 0 aromatic heterocycles. The fraction of sp³-hybridized carbons (Fsp3) is 0.350. The van der Waals surface area contributed by atoms with Gasteiger partial charge in [-0.3, -0.25) is 4.90 Å². The van der Waals surface area contributed by atoms with E-state index in [1.165, 1.54) is 11.1 Å². The molecule has 0 amide bonds. The minimum absolute atomic E-state index is 0.329. The first-order chi connectivity index (χ1) is 12.0. The molecule has 4 nitrogen and oxygen atoms in total. The minimum atomic E-state index is 0.329. The zero-order valence-corrected chi connectivity index (χ0v) is 15.6. The van der Waals surface area contributed by atoms with Crippen molar-refractivity contribution in [2.24, 2.45) is 0 Å². The van der Waals surface area contributed by atoms with E-state index in [0.717, 1.165) is 49.1 Å². The fourth-order valence-electron chi connectivity index (χ4n) is 3.04. The number of hydrogen-bond donors (Lipinski definition) is 2. The van der Waals surface area contributed by atoms with Gasteiger partial charge in [0.05, 0.1) is 0 Å². The van der Waals surface area contributed by atoms with Gasteiger partial charge < -0.3 is 15.3 Å². The van der Waals surface area contributed by atoms with Crippen molar-refractivity contribution in [3.8, 4) is 5.75 Å². The molecule has 1 aliphatic heterocycles. The molecule has 0 spiro atoms. The van der Waals surface area contributed by atoms with Gasteiger partial charge >= 0.3 is 0 Å². The Bertz CT molecular complexity index is 754. The average molecular weight is 356 g/mol. The molecule has 0 unspecified atom stereocenters. The normalized spacial score (nSPS) is 15.2. The first kappa shape index (κ1) is 17.7. The third kappa shape index (κ3) is 4.71. The van der Waals surface area contributed by atoms with Crippen molar-refractivity contribution in [3.63, 3.8) is 0 Å². The van der Waals surface area contributed by atoms with E-state index in [-0.39, 0.29) is 0 Å². The molecule has 25 heavy (non-hydrogen) atoms. The molecule has 2 aromatic carbocycles. The summed E-state index contributed by atoms with van der Waals surface area (Å²) >= 11 is 5.58. The van der Waals surface area contributed by atoms with Crippen LogP contribution in [0.5, 0.6) is 5.75 Å². The summed E-state index contributed by atoms with van der Waals surface area (Å²) in [7, 11) is 0. The van der Waals surface area contributed by atoms with E-state index >= 15 is 0 Å². The second-order valence-electron chi connectivity index (χ2n) is 6.66. The van der Waals surface area contributed by atoms with Gasteiger partial charge in [0.1, 0.15) is 5.75 Å². The molecule has 1 aliphatic rings. The summed E-state index contributed by atoms with van der Waals surface area (Å²) in [5.41, 5.74) is 4.75. The van der Waals surface area contributed by atoms with Crippen molar-refractivity contribution in [3.05, 3.63) is 59.2 Å². The van der Waals surface area contributed by atoms with E-state index in [1.807, 2.05) is 12.1 Å². The summed E-state index contributed by atoms with van der Waals surface area (Å²) in [6.45, 7) is 8.84. The van der Waals surface area contributed by atoms with Crippen LogP contribution in [0.4, 0.5) is 5.69 Å². The molecule has 0 bridgehead atoms. The zero-order chi connectivity index (χ0) is 17.8. The molecule has 3 rings (SSSR count). The quantitative estimate of drug-likeness (QED) is 0.824. The molecule has 0 aliphatic carbocycles. The molecule has 2 aromatic rings. The van der Waals surface area contributed by atoms with E-state index in [0.29, 0.717) is 5.75 Å². The monoisotopic (exact) mass is 355 g/mol. The number of piperazine rings is 1. The number of hydrogen-bond acceptors (Lipinski definition) is 3. The molecule has 5 heteroatoms. The Morgan fingerprint density at radius 1 is 1.04 bits per heavy atom. The standard InChI is InChI=1S/C20H25N3OS/c1-15-6-7-18(12-16(15)2)21-20(25)23-10-8-22(9-11-23)14-17-4-3-5-19(24)13-17/h3-7,12-13,24H,8-11,14H2,1-2H3,(H,21,25). The summed E-state index contributed by atoms with van der Waals surface area (Å²) < 4.78 is 0. The van der Waals surface area contributed by atoms with Gasteiger partial charge in [0.2, 0.25) is 0 Å². The molecule has 132 valence electrons. The predicted octanol–water partition coefficient (Wildman–Crippen LogP) is 3.52. The van der Waals surface area contributed by atoms with Crippen LogP contribution in [0.3, 0.4) is 0 Å². The summed E-state index contributed by atoms with van der Waals surface area (Å²) in [5, 5.41) is 13.7. The van der Waals surface area contributed by atoms with Crippen LogP contribution in [-0.2, 0) is 6.54 Å². The van der Waals surface area contributed by atoms with Gasteiger partial charge in [0.15, 0.2) is 5.11 Å². The summed E-state index contributed by atoms with van der Waals surface area (Å²) in [4.78, 5) is 4.62. The maximum absolute atomic E-state index is 9.58. The Morgan fingerprint density at radius 2 is 1.80 bits per heavy atom. The molecule has 1 fully saturated rings. The third-order valence-corrected chi connectivity index (χ3v) is 5.09. The van der Waals surface area contributed by atoms with Crippen LogP contribution in [0, 0.1) is 13.8 Å². The second-order valence-corrected chi connectivity index (χ2v) is 7.05. The molecular formula is C20H25N3OS. The molecule has 0 saturated carbocycles. The highest BCUT2D eigenvalue weighted by Crippen LogP contribution is 2.17. The maximum Gasteiger partial charge on any atom is 0.173 e. The highest BCUT2D eigenvalue weighted by molar-refractivity contribution is 7.80. The number of aromatic hydroxyl groups is 1. The molecule has 1 saturated heterocycles. The van der Waals surface area contributed by atoms with Crippen molar-refractivity contribution in [2.45, 2.75) is 20.4 Å². The Balaban J connectivity index is 1.51. The number of nitrogens with one attached hydrogen (secondary N) is 1. The van der Waals surface area contributed by atoms with E-state index in [2.05, 4.69) is 53.2 Å². The van der Waals surface area contributed by atoms with Crippen LogP contribution < -0.4 is 5.32 Å². The number of phenols is 1. The Morgan fingerprint density at radius 3 is 2.48 bits per heavy atom. The van der Waals surface area contributed by atoms with Gasteiger partial charge in [0.25, 0.3) is 0 Å². The van der Waals surface area contributed by atoms with Crippen molar-refractivity contribution in [1.29, 1.82) is 0 Å². The van der Waals surface area contributed by atoms with Crippen LogP contribution in [0.25, 0.3) is 0 Å². The van der Waals surface area contributed by atoms with Crippen LogP contribution in [0.2, 0.25) is 0 Å². The predicted molar refractivity (Wildman–Crippen MR) is 107 cm³/mol. The summed E-state index contributed by atoms with van der Waals surface area (Å²) in [6, 6.07) is 13.8. The summed E-state index contributed by atoms with van der Waals surface area (Å²) in [6.07, 6.45) is 0. The molecule has 0 atom stereocenters. The highest BCUT2D eigenvalue weighted by Gasteiger charge is 2.19. The Kier molecular flexibility index (Phi) is 5.56. The smallest absolute Gasteiger partial charge is 0.173 e. The Labute approximate surface area is 155 Å². The van der Waals surface area contributed by atoms with Gasteiger partial charge in [-0.15, -0.1) is 0 Å². The van der Waals surface area contributed by atoms with Crippen LogP contribution in [0.15, 0.2) is 42.5 Å². The lowest BCUT2D eigenvalue weighted by molar-refractivity contribution is 0.177. The SMILES string of the molecule is Cc1ccc(NC(=S)N2CCN(Cc3cccc(O)c3)CC2)cc1C. The van der Waals surface area contributed by atoms with E-state index in [1.54, 1.807) is 6.07 Å². The number of benzene rings is 2. The number of nitrogens with zero attached hydrogens (tertiary/aromatic N) is 2. The number of aryl methyl sites for hydroxylation is 2. The van der Waals surface area contributed by atoms with Crippen molar-refractivity contribution < 1.29 is 5.11 Å². The topological polar surface area (TPSA) is 38.7 Å². The lowest BCUT2D eigenvalue weighted by Crippen LogP contribution is -2.49. The van der Waals surface area contributed by atoms with Crippen molar-refractivity contribution in [1.82, 2.24) is 9.80 Å². The molecule has 0 radical (unpaired) electrons. The van der Waals surface area contributed by atoms with Gasteiger partial charge in [-0.05, 0) is 67.0 Å². The number of phenolic OH excluding ortho intramolecular Hbond substituents is 1. The third-order valence-electron chi connectivity index (χ3n) is 4.73. The first-order valence-corrected chi connectivity index (χ1v) is 9.05. The lowest BCUT2D eigenvalue weighted by Gasteiger charge is -2.36. The number of anilines is 1. The number of thiocarbonyl (C=S) groups is 1. The Hall–Kier alpha value is -2.11. The zero-order valence-electron chi connectivity index (χ0n) is 14.8. The van der Waals surface area contributed by atoms with Crippen LogP contribution in [-0.4, -0.2) is 46.2 Å². The minimum Gasteiger partial charge on any atom is -0.508 e. The maximum atomic E-state index is 9.58. The van der Waals surface area contributed by atoms with Crippen LogP contribution in [0.1, 0.15) is 16.7 Å². The number of rotatable bonds is 3. The second kappa shape index (κ2) is 7.85.